The van der Waals surface area contributed by atoms with Crippen LogP contribution in [0.15, 0.2) is 28.7 Å². The summed E-state index contributed by atoms with van der Waals surface area (Å²) >= 11 is 0. The monoisotopic (exact) mass is 286 g/mol. The topological polar surface area (TPSA) is 146 Å². The van der Waals surface area contributed by atoms with Crippen molar-refractivity contribution in [2.45, 2.75) is 6.92 Å². The zero-order chi connectivity index (χ0) is 13.5. The molecule has 0 atom stereocenters. The third-order valence-electron chi connectivity index (χ3n) is 1.88. The van der Waals surface area contributed by atoms with E-state index in [1.54, 1.807) is 5.43 Å². The second-order valence-corrected chi connectivity index (χ2v) is 3.32. The molecule has 9 heteroatoms. The summed E-state index contributed by atoms with van der Waals surface area (Å²) in [6.07, 6.45) is 0. The molecule has 7 N–H and O–H groups in total. The van der Waals surface area contributed by atoms with E-state index in [1.165, 1.54) is 5.56 Å². The highest BCUT2D eigenvalue weighted by molar-refractivity contribution is 5.85. The van der Waals surface area contributed by atoms with Crippen LogP contribution in [0, 0.1) is 6.92 Å². The lowest BCUT2D eigenvalue weighted by molar-refractivity contribution is 0.249. The molecule has 0 bridgehead atoms. The van der Waals surface area contributed by atoms with Gasteiger partial charge in [0.05, 0.1) is 0 Å². The summed E-state index contributed by atoms with van der Waals surface area (Å²) < 4.78 is 5.06. The lowest BCUT2D eigenvalue weighted by Gasteiger charge is -1.94. The maximum Gasteiger partial charge on any atom is 0.326 e. The molecular weight excluding hydrogens is 272 g/mol. The summed E-state index contributed by atoms with van der Waals surface area (Å²) in [7, 11) is 0. The molecule has 2 rings (SSSR count). The molecule has 2 aromatic rings. The Hall–Kier alpha value is -2.32. The molecule has 0 saturated heterocycles. The Morgan fingerprint density at radius 2 is 1.79 bits per heavy atom. The van der Waals surface area contributed by atoms with Gasteiger partial charge in [-0.3, -0.25) is 5.43 Å². The van der Waals surface area contributed by atoms with Gasteiger partial charge >= 0.3 is 12.0 Å². The van der Waals surface area contributed by atoms with Gasteiger partial charge in [0.1, 0.15) is 0 Å². The van der Waals surface area contributed by atoms with E-state index in [2.05, 4.69) is 21.8 Å². The third kappa shape index (κ3) is 5.70. The summed E-state index contributed by atoms with van der Waals surface area (Å²) in [6, 6.07) is 7.18. The molecule has 0 radical (unpaired) electrons. The third-order valence-corrected chi connectivity index (χ3v) is 1.88. The van der Waals surface area contributed by atoms with E-state index in [9.17, 15) is 4.79 Å². The highest BCUT2D eigenvalue weighted by Crippen LogP contribution is 2.18. The maximum atomic E-state index is 9.35. The first-order valence-electron chi connectivity index (χ1n) is 4.95. The molecular formula is C10H15ClN6O2. The van der Waals surface area contributed by atoms with Gasteiger partial charge in [-0.1, -0.05) is 22.8 Å². The average Bonchev–Trinajstić information content (AvgIpc) is 2.77. The number of hydrogen-bond acceptors (Lipinski definition) is 6. The Bertz CT molecular complexity index is 513. The first kappa shape index (κ1) is 16.7. The van der Waals surface area contributed by atoms with Crippen LogP contribution >= 0.6 is 12.4 Å². The molecule has 2 amide bonds. The summed E-state index contributed by atoms with van der Waals surface area (Å²) in [5.41, 5.74) is 13.5. The minimum Gasteiger partial charge on any atom is -0.404 e. The van der Waals surface area contributed by atoms with E-state index in [0.29, 0.717) is 5.89 Å². The largest absolute Gasteiger partial charge is 0.404 e. The summed E-state index contributed by atoms with van der Waals surface area (Å²) in [5.74, 6) is 4.90. The van der Waals surface area contributed by atoms with E-state index < -0.39 is 6.03 Å². The number of urea groups is 1. The van der Waals surface area contributed by atoms with Gasteiger partial charge in [0.15, 0.2) is 0 Å². The molecule has 1 aromatic heterocycles. The fourth-order valence-electron chi connectivity index (χ4n) is 1.05. The fraction of sp³-hybridized carbons (Fsp3) is 0.100. The number of aryl methyl sites for hydroxylation is 1. The van der Waals surface area contributed by atoms with Crippen LogP contribution < -0.4 is 22.7 Å². The lowest BCUT2D eigenvalue weighted by Crippen LogP contribution is -2.34. The highest BCUT2D eigenvalue weighted by atomic mass is 35.5. The Kier molecular flexibility index (Phi) is 6.94. The number of primary amides is 1. The number of hydrogen-bond donors (Lipinski definition) is 4. The number of anilines is 1. The van der Waals surface area contributed by atoms with Gasteiger partial charge in [-0.25, -0.2) is 10.6 Å². The van der Waals surface area contributed by atoms with Crippen molar-refractivity contribution >= 4 is 24.5 Å². The van der Waals surface area contributed by atoms with E-state index in [4.69, 9.17) is 10.2 Å². The van der Waals surface area contributed by atoms with Crippen LogP contribution in [0.3, 0.4) is 0 Å². The Balaban J connectivity index is 0.000000471. The van der Waals surface area contributed by atoms with Crippen LogP contribution in [0.1, 0.15) is 5.56 Å². The van der Waals surface area contributed by atoms with Crippen molar-refractivity contribution in [1.82, 2.24) is 15.6 Å². The molecule has 1 heterocycles. The zero-order valence-electron chi connectivity index (χ0n) is 10.2. The molecule has 104 valence electrons. The summed E-state index contributed by atoms with van der Waals surface area (Å²) in [4.78, 5) is 9.35. The van der Waals surface area contributed by atoms with Crippen LogP contribution in [0.2, 0.25) is 0 Å². The molecule has 0 unspecified atom stereocenters. The minimum atomic E-state index is -0.718. The first-order valence-corrected chi connectivity index (χ1v) is 4.95. The number of nitrogens with one attached hydrogen (secondary N) is 1. The van der Waals surface area contributed by atoms with Crippen LogP contribution in [0.5, 0.6) is 0 Å². The van der Waals surface area contributed by atoms with E-state index in [0.717, 1.165) is 5.56 Å². The number of nitrogens with zero attached hydrogens (tertiary/aromatic N) is 2. The van der Waals surface area contributed by atoms with Gasteiger partial charge in [-0.15, -0.1) is 17.5 Å². The van der Waals surface area contributed by atoms with Gasteiger partial charge in [-0.05, 0) is 19.1 Å². The number of carbonyl (C=O) groups is 1. The van der Waals surface area contributed by atoms with Crippen molar-refractivity contribution in [3.63, 3.8) is 0 Å². The molecule has 0 fully saturated rings. The number of halogens is 1. The summed E-state index contributed by atoms with van der Waals surface area (Å²) in [6.45, 7) is 2.02. The van der Waals surface area contributed by atoms with Crippen LogP contribution in [0.25, 0.3) is 11.5 Å². The first-order chi connectivity index (χ1) is 8.52. The molecule has 8 nitrogen and oxygen atoms in total. The predicted octanol–water partition coefficient (Wildman–Crippen LogP) is 0.577. The number of carbonyl (C=O) groups excluding carboxylic acids is 1. The summed E-state index contributed by atoms with van der Waals surface area (Å²) in [5, 5.41) is 7.35. The SMILES string of the molecule is Cc1ccc(-c2nnc(N)o2)cc1.Cl.NNC(N)=O. The van der Waals surface area contributed by atoms with Gasteiger partial charge in [0, 0.05) is 5.56 Å². The number of benzene rings is 1. The maximum absolute atomic E-state index is 9.35. The van der Waals surface area contributed by atoms with Crippen molar-refractivity contribution in [2.24, 2.45) is 11.6 Å². The van der Waals surface area contributed by atoms with Gasteiger partial charge in [0.25, 0.3) is 0 Å². The number of amides is 2. The van der Waals surface area contributed by atoms with Crippen molar-refractivity contribution in [1.29, 1.82) is 0 Å². The molecule has 0 saturated carbocycles. The Morgan fingerprint density at radius 3 is 2.16 bits per heavy atom. The average molecular weight is 287 g/mol. The van der Waals surface area contributed by atoms with Gasteiger partial charge < -0.3 is 15.9 Å². The van der Waals surface area contributed by atoms with Gasteiger partial charge in [0.2, 0.25) is 5.89 Å². The number of aromatic nitrogens is 2. The molecule has 19 heavy (non-hydrogen) atoms. The minimum absolute atomic E-state index is 0. The molecule has 0 aliphatic carbocycles. The quantitative estimate of drug-likeness (QED) is 0.342. The predicted molar refractivity (Wildman–Crippen MR) is 73.0 cm³/mol. The van der Waals surface area contributed by atoms with Crippen molar-refractivity contribution < 1.29 is 9.21 Å². The van der Waals surface area contributed by atoms with E-state index in [1.807, 2.05) is 31.2 Å². The van der Waals surface area contributed by atoms with Crippen molar-refractivity contribution in [2.75, 3.05) is 5.73 Å². The highest BCUT2D eigenvalue weighted by Gasteiger charge is 2.04. The fourth-order valence-corrected chi connectivity index (χ4v) is 1.05. The normalized spacial score (nSPS) is 8.74. The Morgan fingerprint density at radius 1 is 1.26 bits per heavy atom. The Labute approximate surface area is 115 Å². The molecule has 0 aliphatic heterocycles. The molecule has 1 aromatic carbocycles. The number of nitrogens with two attached hydrogens (primary N) is 3. The number of hydrazine groups is 1. The molecule has 0 spiro atoms. The van der Waals surface area contributed by atoms with E-state index in [-0.39, 0.29) is 18.4 Å². The van der Waals surface area contributed by atoms with E-state index >= 15 is 0 Å². The molecule has 0 aliphatic rings. The van der Waals surface area contributed by atoms with Crippen LogP contribution in [-0.4, -0.2) is 16.2 Å². The van der Waals surface area contributed by atoms with Crippen molar-refractivity contribution in [3.05, 3.63) is 29.8 Å². The smallest absolute Gasteiger partial charge is 0.326 e. The lowest BCUT2D eigenvalue weighted by atomic mass is 10.1. The standard InChI is InChI=1S/C9H9N3O.CH5N3O.ClH/c1-6-2-4-7(5-3-6)8-11-12-9(10)13-8;2-1(5)4-3;/h2-5H,1H3,(H2,10,12);3H2,(H3,2,4,5);1H. The van der Waals surface area contributed by atoms with Crippen LogP contribution in [-0.2, 0) is 0 Å². The second kappa shape index (κ2) is 7.90. The number of nitrogen functional groups attached to an aromatic ring is 1. The number of rotatable bonds is 1. The van der Waals surface area contributed by atoms with Crippen LogP contribution in [0.4, 0.5) is 10.8 Å². The van der Waals surface area contributed by atoms with Gasteiger partial charge in [-0.2, -0.15) is 0 Å². The second-order valence-electron chi connectivity index (χ2n) is 3.32. The zero-order valence-corrected chi connectivity index (χ0v) is 11.0. The van der Waals surface area contributed by atoms with Crippen molar-refractivity contribution in [3.8, 4) is 11.5 Å².